The molecule has 1 aliphatic rings. The summed E-state index contributed by atoms with van der Waals surface area (Å²) < 4.78 is 0. The number of rotatable bonds is 1. The molecule has 0 atom stereocenters. The molecule has 1 radical (unpaired) electrons. The molecule has 1 aromatic carbocycles. The first-order valence-corrected chi connectivity index (χ1v) is 3.56. The standard InChI is InChI=1S/C8H8BN2/c1-2-4-8(5-3-1)11-7-6-10-9-11/h1-7,10H. The number of hydrogen-bond donors (Lipinski definition) is 1. The maximum Gasteiger partial charge on any atom is 0.392 e. The number of hydrogen-bond acceptors (Lipinski definition) is 2. The Morgan fingerprint density at radius 1 is 1.18 bits per heavy atom. The second-order valence-corrected chi connectivity index (χ2v) is 2.35. The van der Waals surface area contributed by atoms with Crippen molar-refractivity contribution in [3.63, 3.8) is 0 Å². The number of benzene rings is 1. The molecule has 0 fully saturated rings. The molecule has 2 rings (SSSR count). The van der Waals surface area contributed by atoms with E-state index in [1.165, 1.54) is 5.69 Å². The van der Waals surface area contributed by atoms with Gasteiger partial charge in [-0.3, -0.25) is 0 Å². The predicted octanol–water partition coefficient (Wildman–Crippen LogP) is 1.10. The Labute approximate surface area is 66.8 Å². The van der Waals surface area contributed by atoms with Gasteiger partial charge in [0, 0.05) is 18.1 Å². The Balaban J connectivity index is 2.23. The van der Waals surface area contributed by atoms with Gasteiger partial charge >= 0.3 is 7.55 Å². The topological polar surface area (TPSA) is 15.3 Å². The number of para-hydroxylation sites is 1. The van der Waals surface area contributed by atoms with Gasteiger partial charge in [-0.15, -0.1) is 0 Å². The Bertz CT molecular complexity index is 258. The Morgan fingerprint density at radius 2 is 2.00 bits per heavy atom. The molecule has 0 saturated heterocycles. The van der Waals surface area contributed by atoms with Gasteiger partial charge in [-0.1, -0.05) is 18.2 Å². The Hall–Kier alpha value is -1.38. The van der Waals surface area contributed by atoms with Crippen LogP contribution >= 0.6 is 0 Å². The second kappa shape index (κ2) is 2.70. The molecule has 53 valence electrons. The van der Waals surface area contributed by atoms with Gasteiger partial charge in [0.2, 0.25) is 0 Å². The fourth-order valence-electron chi connectivity index (χ4n) is 1.05. The van der Waals surface area contributed by atoms with E-state index in [2.05, 4.69) is 17.4 Å². The second-order valence-electron chi connectivity index (χ2n) is 2.35. The van der Waals surface area contributed by atoms with E-state index in [9.17, 15) is 0 Å². The molecule has 1 aromatic rings. The van der Waals surface area contributed by atoms with Crippen LogP contribution in [0.4, 0.5) is 5.69 Å². The first kappa shape index (κ1) is 6.34. The van der Waals surface area contributed by atoms with Crippen LogP contribution in [0.2, 0.25) is 0 Å². The summed E-state index contributed by atoms with van der Waals surface area (Å²) in [6.07, 6.45) is 3.88. The summed E-state index contributed by atoms with van der Waals surface area (Å²) in [7, 11) is 1.91. The first-order chi connectivity index (χ1) is 5.47. The fraction of sp³-hybridized carbons (Fsp3) is 0. The molecule has 0 aliphatic carbocycles. The van der Waals surface area contributed by atoms with Gasteiger partial charge in [-0.2, -0.15) is 0 Å². The van der Waals surface area contributed by atoms with E-state index in [0.29, 0.717) is 0 Å². The highest BCUT2D eigenvalue weighted by atomic mass is 15.1. The monoisotopic (exact) mass is 143 g/mol. The summed E-state index contributed by atoms with van der Waals surface area (Å²) in [5, 5.41) is 2.99. The lowest BCUT2D eigenvalue weighted by Gasteiger charge is -2.12. The van der Waals surface area contributed by atoms with Crippen molar-refractivity contribution in [1.82, 2.24) is 5.23 Å². The lowest BCUT2D eigenvalue weighted by molar-refractivity contribution is 1.39. The van der Waals surface area contributed by atoms with Crippen LogP contribution in [0.5, 0.6) is 0 Å². The summed E-state index contributed by atoms with van der Waals surface area (Å²) in [4.78, 5) is 2.03. The van der Waals surface area contributed by atoms with Gasteiger partial charge in [0.15, 0.2) is 0 Å². The van der Waals surface area contributed by atoms with Gasteiger partial charge in [0.05, 0.1) is 0 Å². The molecule has 3 heteroatoms. The van der Waals surface area contributed by atoms with Gasteiger partial charge < -0.3 is 10.0 Å². The van der Waals surface area contributed by atoms with Crippen molar-refractivity contribution in [2.45, 2.75) is 0 Å². The van der Waals surface area contributed by atoms with Crippen molar-refractivity contribution in [2.24, 2.45) is 0 Å². The lowest BCUT2D eigenvalue weighted by Crippen LogP contribution is -2.24. The van der Waals surface area contributed by atoms with E-state index in [-0.39, 0.29) is 0 Å². The van der Waals surface area contributed by atoms with E-state index in [1.54, 1.807) is 0 Å². The predicted molar refractivity (Wildman–Crippen MR) is 47.0 cm³/mol. The molecule has 0 unspecified atom stereocenters. The summed E-state index contributed by atoms with van der Waals surface area (Å²) in [6, 6.07) is 10.2. The van der Waals surface area contributed by atoms with E-state index in [1.807, 2.05) is 43.0 Å². The summed E-state index contributed by atoms with van der Waals surface area (Å²) in [5.74, 6) is 0. The third kappa shape index (κ3) is 1.22. The minimum absolute atomic E-state index is 1.17. The normalized spacial score (nSPS) is 14.4. The molecule has 0 amide bonds. The minimum atomic E-state index is 1.17. The Morgan fingerprint density at radius 3 is 2.64 bits per heavy atom. The average molecular weight is 143 g/mol. The van der Waals surface area contributed by atoms with Crippen LogP contribution in [0, 0.1) is 0 Å². The molecule has 0 bridgehead atoms. The van der Waals surface area contributed by atoms with Gasteiger partial charge in [-0.05, 0) is 12.1 Å². The van der Waals surface area contributed by atoms with Crippen molar-refractivity contribution >= 4 is 13.2 Å². The average Bonchev–Trinajstić information content (AvgIpc) is 2.58. The highest BCUT2D eigenvalue weighted by Crippen LogP contribution is 2.12. The Kier molecular flexibility index (Phi) is 1.56. The SMILES string of the molecule is [B]1NC=CN1c1ccccc1. The highest BCUT2D eigenvalue weighted by molar-refractivity contribution is 6.41. The number of nitrogens with one attached hydrogen (secondary N) is 1. The van der Waals surface area contributed by atoms with Crippen molar-refractivity contribution in [3.05, 3.63) is 42.7 Å². The van der Waals surface area contributed by atoms with Crippen LogP contribution in [-0.4, -0.2) is 7.55 Å². The van der Waals surface area contributed by atoms with E-state index in [4.69, 9.17) is 0 Å². The summed E-state index contributed by atoms with van der Waals surface area (Å²) >= 11 is 0. The van der Waals surface area contributed by atoms with Gasteiger partial charge in [0.1, 0.15) is 0 Å². The molecular formula is C8H8BN2. The smallest absolute Gasteiger partial charge is 0.392 e. The third-order valence-corrected chi connectivity index (χ3v) is 1.60. The molecule has 1 N–H and O–H groups in total. The molecule has 0 spiro atoms. The maximum absolute atomic E-state index is 2.99. The van der Waals surface area contributed by atoms with Crippen molar-refractivity contribution in [3.8, 4) is 0 Å². The number of anilines is 1. The van der Waals surface area contributed by atoms with E-state index in [0.717, 1.165) is 0 Å². The maximum atomic E-state index is 2.99. The zero-order valence-electron chi connectivity index (χ0n) is 6.07. The van der Waals surface area contributed by atoms with Crippen LogP contribution in [0.15, 0.2) is 42.7 Å². The quantitative estimate of drug-likeness (QED) is 0.592. The zero-order valence-corrected chi connectivity index (χ0v) is 6.07. The van der Waals surface area contributed by atoms with Crippen molar-refractivity contribution in [2.75, 3.05) is 4.81 Å². The fourth-order valence-corrected chi connectivity index (χ4v) is 1.05. The molecule has 2 nitrogen and oxygen atoms in total. The van der Waals surface area contributed by atoms with Crippen LogP contribution in [-0.2, 0) is 0 Å². The lowest BCUT2D eigenvalue weighted by atomic mass is 10.1. The number of nitrogens with zero attached hydrogens (tertiary/aromatic N) is 1. The minimum Gasteiger partial charge on any atom is -0.417 e. The third-order valence-electron chi connectivity index (χ3n) is 1.60. The largest absolute Gasteiger partial charge is 0.417 e. The zero-order chi connectivity index (χ0) is 7.52. The van der Waals surface area contributed by atoms with Crippen molar-refractivity contribution < 1.29 is 0 Å². The van der Waals surface area contributed by atoms with E-state index < -0.39 is 0 Å². The molecule has 1 heterocycles. The van der Waals surface area contributed by atoms with Gasteiger partial charge in [-0.25, -0.2) is 0 Å². The van der Waals surface area contributed by atoms with E-state index >= 15 is 0 Å². The summed E-state index contributed by atoms with van der Waals surface area (Å²) in [6.45, 7) is 0. The molecule has 11 heavy (non-hydrogen) atoms. The molecule has 0 aromatic heterocycles. The van der Waals surface area contributed by atoms with Crippen LogP contribution in [0.1, 0.15) is 0 Å². The van der Waals surface area contributed by atoms with Crippen molar-refractivity contribution in [1.29, 1.82) is 0 Å². The van der Waals surface area contributed by atoms with Crippen LogP contribution < -0.4 is 10.0 Å². The molecule has 0 saturated carbocycles. The molecule has 1 aliphatic heterocycles. The highest BCUT2D eigenvalue weighted by Gasteiger charge is 2.07. The summed E-state index contributed by atoms with van der Waals surface area (Å²) in [5.41, 5.74) is 1.17. The first-order valence-electron chi connectivity index (χ1n) is 3.56. The van der Waals surface area contributed by atoms with Crippen LogP contribution in [0.25, 0.3) is 0 Å². The van der Waals surface area contributed by atoms with Crippen LogP contribution in [0.3, 0.4) is 0 Å². The molecular weight excluding hydrogens is 135 g/mol. The van der Waals surface area contributed by atoms with Gasteiger partial charge in [0.25, 0.3) is 0 Å².